The molecule has 0 unspecified atom stereocenters. The second-order valence-electron chi connectivity index (χ2n) is 10.6. The van der Waals surface area contributed by atoms with Crippen LogP contribution in [0, 0.1) is 0 Å². The fourth-order valence-corrected chi connectivity index (χ4v) is 4.40. The standard InChI is InChI=1S/C34H50O6/c1-4-7-10-11-12-13-14-15-16-19-32(37-39-33(35)30-24-20-28(21-25-30)17-8-5-2)38-40-34(36)31-26-22-29(23-27-31)18-9-6-3/h20-27,32H,4-19H2,1-3H3. The third kappa shape index (κ3) is 14.1. The van der Waals surface area contributed by atoms with Crippen molar-refractivity contribution >= 4 is 11.9 Å². The molecule has 0 aliphatic rings. The fraction of sp³-hybridized carbons (Fsp3) is 0.588. The molecule has 40 heavy (non-hydrogen) atoms. The third-order valence-electron chi connectivity index (χ3n) is 7.02. The largest absolute Gasteiger partial charge is 0.373 e. The Morgan fingerprint density at radius 1 is 0.525 bits per heavy atom. The quantitative estimate of drug-likeness (QED) is 0.0625. The zero-order valence-electron chi connectivity index (χ0n) is 25.0. The number of rotatable bonds is 22. The highest BCUT2D eigenvalue weighted by Gasteiger charge is 2.19. The van der Waals surface area contributed by atoms with Crippen molar-refractivity contribution in [3.8, 4) is 0 Å². The van der Waals surface area contributed by atoms with Crippen molar-refractivity contribution in [2.75, 3.05) is 0 Å². The monoisotopic (exact) mass is 554 g/mol. The predicted molar refractivity (Wildman–Crippen MR) is 159 cm³/mol. The van der Waals surface area contributed by atoms with Gasteiger partial charge in [-0.3, -0.25) is 9.78 Å². The van der Waals surface area contributed by atoms with Crippen molar-refractivity contribution in [2.45, 2.75) is 130 Å². The van der Waals surface area contributed by atoms with Crippen LogP contribution in [0.4, 0.5) is 0 Å². The van der Waals surface area contributed by atoms with E-state index in [4.69, 9.17) is 19.6 Å². The highest BCUT2D eigenvalue weighted by Crippen LogP contribution is 2.16. The maximum absolute atomic E-state index is 12.6. The van der Waals surface area contributed by atoms with Crippen LogP contribution in [0.2, 0.25) is 0 Å². The molecule has 0 saturated carbocycles. The number of hydrogen-bond donors (Lipinski definition) is 0. The first kappa shape index (κ1) is 33.5. The Balaban J connectivity index is 1.85. The van der Waals surface area contributed by atoms with Crippen LogP contribution in [0.3, 0.4) is 0 Å². The van der Waals surface area contributed by atoms with Crippen molar-refractivity contribution in [1.29, 1.82) is 0 Å². The van der Waals surface area contributed by atoms with Gasteiger partial charge in [-0.2, -0.15) is 0 Å². The van der Waals surface area contributed by atoms with E-state index in [9.17, 15) is 9.59 Å². The summed E-state index contributed by atoms with van der Waals surface area (Å²) in [6.45, 7) is 6.53. The molecule has 2 aromatic rings. The molecule has 0 aliphatic heterocycles. The average molecular weight is 555 g/mol. The van der Waals surface area contributed by atoms with E-state index in [-0.39, 0.29) is 0 Å². The van der Waals surface area contributed by atoms with Gasteiger partial charge in [-0.1, -0.05) is 109 Å². The number of aryl methyl sites for hydroxylation is 2. The molecule has 0 saturated heterocycles. The van der Waals surface area contributed by atoms with Gasteiger partial charge in [0, 0.05) is 6.42 Å². The zero-order chi connectivity index (χ0) is 28.8. The number of hydrogen-bond acceptors (Lipinski definition) is 6. The number of unbranched alkanes of at least 4 members (excludes halogenated alkanes) is 10. The molecule has 0 amide bonds. The summed E-state index contributed by atoms with van der Waals surface area (Å²) in [6.07, 6.45) is 16.3. The van der Waals surface area contributed by atoms with E-state index in [0.29, 0.717) is 17.5 Å². The van der Waals surface area contributed by atoms with Gasteiger partial charge in [0.25, 0.3) is 0 Å². The lowest BCUT2D eigenvalue weighted by atomic mass is 10.1. The van der Waals surface area contributed by atoms with E-state index in [1.165, 1.54) is 49.7 Å². The minimum Gasteiger partial charge on any atom is -0.290 e. The van der Waals surface area contributed by atoms with Gasteiger partial charge in [0.05, 0.1) is 11.1 Å². The zero-order valence-corrected chi connectivity index (χ0v) is 25.0. The van der Waals surface area contributed by atoms with Gasteiger partial charge < -0.3 is 0 Å². The summed E-state index contributed by atoms with van der Waals surface area (Å²) in [5.41, 5.74) is 3.14. The average Bonchev–Trinajstić information content (AvgIpc) is 2.99. The molecule has 2 aromatic carbocycles. The Morgan fingerprint density at radius 2 is 0.900 bits per heavy atom. The van der Waals surface area contributed by atoms with E-state index in [1.807, 2.05) is 24.3 Å². The number of carbonyl (C=O) groups excluding carboxylic acids is 2. The highest BCUT2D eigenvalue weighted by atomic mass is 17.3. The topological polar surface area (TPSA) is 71.1 Å². The first-order chi connectivity index (χ1) is 19.6. The van der Waals surface area contributed by atoms with Crippen molar-refractivity contribution in [1.82, 2.24) is 0 Å². The van der Waals surface area contributed by atoms with E-state index in [2.05, 4.69) is 20.8 Å². The van der Waals surface area contributed by atoms with Gasteiger partial charge in [-0.25, -0.2) is 9.59 Å². The predicted octanol–water partition coefficient (Wildman–Crippen LogP) is 9.50. The third-order valence-corrected chi connectivity index (χ3v) is 7.02. The molecular weight excluding hydrogens is 504 g/mol. The van der Waals surface area contributed by atoms with Gasteiger partial charge in [0.2, 0.25) is 6.29 Å². The molecule has 2 rings (SSSR count). The lowest BCUT2D eigenvalue weighted by molar-refractivity contribution is -0.421. The molecule has 0 fully saturated rings. The SMILES string of the molecule is CCCCCCCCCCCC(OOC(=O)c1ccc(CCCC)cc1)OOC(=O)c1ccc(CCCC)cc1. The Labute approximate surface area is 241 Å². The molecule has 0 atom stereocenters. The molecular formula is C34H50O6. The molecule has 222 valence electrons. The minimum atomic E-state index is -1.01. The number of carbonyl (C=O) groups is 2. The van der Waals surface area contributed by atoms with Crippen LogP contribution in [-0.4, -0.2) is 18.2 Å². The maximum atomic E-state index is 12.6. The lowest BCUT2D eigenvalue weighted by Crippen LogP contribution is -2.22. The Morgan fingerprint density at radius 3 is 1.30 bits per heavy atom. The Bertz CT molecular complexity index is 870. The summed E-state index contributed by atoms with van der Waals surface area (Å²) >= 11 is 0. The molecule has 0 aromatic heterocycles. The van der Waals surface area contributed by atoms with Crippen LogP contribution < -0.4 is 0 Å². The van der Waals surface area contributed by atoms with E-state index >= 15 is 0 Å². The molecule has 0 bridgehead atoms. The molecule has 0 radical (unpaired) electrons. The molecule has 6 nitrogen and oxygen atoms in total. The summed E-state index contributed by atoms with van der Waals surface area (Å²) in [7, 11) is 0. The van der Waals surface area contributed by atoms with Crippen molar-refractivity contribution < 1.29 is 29.1 Å². The van der Waals surface area contributed by atoms with Gasteiger partial charge in [-0.05, 0) is 67.5 Å². The maximum Gasteiger partial charge on any atom is 0.373 e. The lowest BCUT2D eigenvalue weighted by Gasteiger charge is -2.15. The molecule has 6 heteroatoms. The van der Waals surface area contributed by atoms with Crippen LogP contribution in [0.15, 0.2) is 48.5 Å². The normalized spacial score (nSPS) is 11.1. The summed E-state index contributed by atoms with van der Waals surface area (Å²) in [5.74, 6) is -1.23. The van der Waals surface area contributed by atoms with Crippen LogP contribution >= 0.6 is 0 Å². The van der Waals surface area contributed by atoms with Crippen LogP contribution in [0.25, 0.3) is 0 Å². The van der Waals surface area contributed by atoms with E-state index in [0.717, 1.165) is 57.8 Å². The second kappa shape index (κ2) is 21.1. The van der Waals surface area contributed by atoms with Crippen molar-refractivity contribution in [2.24, 2.45) is 0 Å². The van der Waals surface area contributed by atoms with Crippen LogP contribution in [0.1, 0.15) is 143 Å². The fourth-order valence-electron chi connectivity index (χ4n) is 4.40. The summed E-state index contributed by atoms with van der Waals surface area (Å²) in [4.78, 5) is 45.9. The van der Waals surface area contributed by atoms with Gasteiger partial charge in [0.1, 0.15) is 0 Å². The smallest absolute Gasteiger partial charge is 0.290 e. The first-order valence-electron chi connectivity index (χ1n) is 15.5. The van der Waals surface area contributed by atoms with E-state index < -0.39 is 18.2 Å². The summed E-state index contributed by atoms with van der Waals surface area (Å²) in [6, 6.07) is 14.6. The van der Waals surface area contributed by atoms with Gasteiger partial charge in [0.15, 0.2) is 0 Å². The number of benzene rings is 2. The summed E-state index contributed by atoms with van der Waals surface area (Å²) in [5, 5.41) is 0. The highest BCUT2D eigenvalue weighted by molar-refractivity contribution is 5.89. The van der Waals surface area contributed by atoms with Crippen molar-refractivity contribution in [3.63, 3.8) is 0 Å². The Hall–Kier alpha value is -2.70. The Kier molecular flexibility index (Phi) is 17.7. The van der Waals surface area contributed by atoms with Crippen molar-refractivity contribution in [3.05, 3.63) is 70.8 Å². The van der Waals surface area contributed by atoms with Gasteiger partial charge >= 0.3 is 11.9 Å². The van der Waals surface area contributed by atoms with Gasteiger partial charge in [-0.15, -0.1) is 9.78 Å². The second-order valence-corrected chi connectivity index (χ2v) is 10.6. The summed E-state index contributed by atoms with van der Waals surface area (Å²) < 4.78 is 0. The molecule has 0 heterocycles. The molecule has 0 aliphatic carbocycles. The minimum absolute atomic E-state index is 0.391. The van der Waals surface area contributed by atoms with Crippen LogP contribution in [0.5, 0.6) is 0 Å². The van der Waals surface area contributed by atoms with E-state index in [1.54, 1.807) is 24.3 Å². The first-order valence-corrected chi connectivity index (χ1v) is 15.5. The molecule has 0 N–H and O–H groups in total. The molecule has 0 spiro atoms. The van der Waals surface area contributed by atoms with Crippen LogP contribution in [-0.2, 0) is 32.4 Å².